The molecule has 1 aromatic carbocycles. The Hall–Kier alpha value is -3.29. The zero-order chi connectivity index (χ0) is 19.8. The fourth-order valence-electron chi connectivity index (χ4n) is 2.28. The fraction of sp³-hybridized carbons (Fsp3) is 0.316. The van der Waals surface area contributed by atoms with Crippen LogP contribution in [0, 0.1) is 6.92 Å². The van der Waals surface area contributed by atoms with Crippen molar-refractivity contribution in [3.05, 3.63) is 53.5 Å². The van der Waals surface area contributed by atoms with Crippen LogP contribution in [0.4, 0.5) is 0 Å². The van der Waals surface area contributed by atoms with Gasteiger partial charge in [0.15, 0.2) is 6.61 Å². The summed E-state index contributed by atoms with van der Waals surface area (Å²) >= 11 is 0. The van der Waals surface area contributed by atoms with E-state index < -0.39 is 11.9 Å². The zero-order valence-electron chi connectivity index (χ0n) is 15.5. The van der Waals surface area contributed by atoms with Crippen LogP contribution in [0.3, 0.4) is 0 Å². The normalized spacial score (nSPS) is 10.2. The molecular formula is C19H22N2O6. The van der Waals surface area contributed by atoms with Crippen molar-refractivity contribution in [2.45, 2.75) is 13.5 Å². The number of likely N-dealkylation sites (N-methyl/N-ethyl adjacent to an activating group) is 1. The number of carbonyl (C=O) groups excluding carboxylic acids is 3. The number of nitrogens with one attached hydrogen (secondary N) is 1. The lowest BCUT2D eigenvalue weighted by Gasteiger charge is -2.16. The predicted octanol–water partition coefficient (Wildman–Crippen LogP) is 1.53. The molecule has 8 nitrogen and oxygen atoms in total. The molecule has 0 radical (unpaired) electrons. The Morgan fingerprint density at radius 3 is 2.56 bits per heavy atom. The van der Waals surface area contributed by atoms with Crippen molar-refractivity contribution in [1.82, 2.24) is 10.2 Å². The molecule has 2 aromatic rings. The number of nitrogens with zero attached hydrogens (tertiary/aromatic N) is 1. The number of esters is 1. The summed E-state index contributed by atoms with van der Waals surface area (Å²) < 4.78 is 15.4. The summed E-state index contributed by atoms with van der Waals surface area (Å²) in [6.45, 7) is 1.45. The summed E-state index contributed by atoms with van der Waals surface area (Å²) in [4.78, 5) is 36.9. The highest BCUT2D eigenvalue weighted by atomic mass is 16.5. The van der Waals surface area contributed by atoms with Crippen LogP contribution < -0.4 is 10.1 Å². The molecule has 0 atom stereocenters. The van der Waals surface area contributed by atoms with Crippen molar-refractivity contribution in [3.8, 4) is 5.75 Å². The highest BCUT2D eigenvalue weighted by Crippen LogP contribution is 2.17. The number of methoxy groups -OCH3 is 1. The number of ether oxygens (including phenoxy) is 2. The molecule has 27 heavy (non-hydrogen) atoms. The fourth-order valence-corrected chi connectivity index (χ4v) is 2.28. The van der Waals surface area contributed by atoms with E-state index in [2.05, 4.69) is 10.1 Å². The van der Waals surface area contributed by atoms with E-state index in [0.717, 1.165) is 0 Å². The van der Waals surface area contributed by atoms with Crippen molar-refractivity contribution in [2.24, 2.45) is 0 Å². The van der Waals surface area contributed by atoms with Crippen molar-refractivity contribution in [1.29, 1.82) is 0 Å². The highest BCUT2D eigenvalue weighted by molar-refractivity contribution is 5.90. The molecule has 0 aliphatic carbocycles. The number of benzene rings is 1. The van der Waals surface area contributed by atoms with Gasteiger partial charge in [0.25, 0.3) is 5.91 Å². The number of para-hydroxylation sites is 1. The van der Waals surface area contributed by atoms with E-state index in [9.17, 15) is 14.4 Å². The highest BCUT2D eigenvalue weighted by Gasteiger charge is 2.18. The van der Waals surface area contributed by atoms with Crippen LogP contribution in [0.5, 0.6) is 5.75 Å². The standard InChI is InChI=1S/C19H22N2O6/c1-13-16(19(24)25-3)9-15(27-13)11-21(2)18(23)10-20-17(22)12-26-14-7-5-4-6-8-14/h4-9H,10-12H2,1-3H3,(H,20,22). The molecule has 0 saturated heterocycles. The lowest BCUT2D eigenvalue weighted by atomic mass is 10.2. The molecule has 0 unspecified atom stereocenters. The molecule has 0 aliphatic rings. The molecule has 1 aromatic heterocycles. The maximum Gasteiger partial charge on any atom is 0.341 e. The van der Waals surface area contributed by atoms with E-state index in [1.807, 2.05) is 6.07 Å². The third kappa shape index (κ3) is 5.88. The van der Waals surface area contributed by atoms with E-state index in [0.29, 0.717) is 22.8 Å². The Morgan fingerprint density at radius 1 is 1.19 bits per heavy atom. The number of amides is 2. The van der Waals surface area contributed by atoms with E-state index in [1.165, 1.54) is 18.1 Å². The first-order valence-corrected chi connectivity index (χ1v) is 8.27. The molecule has 0 fully saturated rings. The third-order valence-electron chi connectivity index (χ3n) is 3.74. The van der Waals surface area contributed by atoms with Crippen LogP contribution in [0.15, 0.2) is 40.8 Å². The predicted molar refractivity (Wildman–Crippen MR) is 96.2 cm³/mol. The molecular weight excluding hydrogens is 352 g/mol. The number of hydrogen-bond acceptors (Lipinski definition) is 6. The number of aryl methyl sites for hydroxylation is 1. The van der Waals surface area contributed by atoms with E-state index >= 15 is 0 Å². The zero-order valence-corrected chi connectivity index (χ0v) is 15.5. The van der Waals surface area contributed by atoms with Gasteiger partial charge in [-0.2, -0.15) is 0 Å². The summed E-state index contributed by atoms with van der Waals surface area (Å²) in [6, 6.07) is 10.5. The van der Waals surface area contributed by atoms with Gasteiger partial charge in [-0.05, 0) is 25.1 Å². The molecule has 0 bridgehead atoms. The number of furan rings is 1. The second-order valence-corrected chi connectivity index (χ2v) is 5.80. The quantitative estimate of drug-likeness (QED) is 0.704. The maximum absolute atomic E-state index is 12.1. The Labute approximate surface area is 157 Å². The Bertz CT molecular complexity index is 800. The first-order valence-electron chi connectivity index (χ1n) is 8.27. The van der Waals surface area contributed by atoms with E-state index in [4.69, 9.17) is 9.15 Å². The Kier molecular flexibility index (Phi) is 6.99. The largest absolute Gasteiger partial charge is 0.484 e. The minimum atomic E-state index is -0.498. The van der Waals surface area contributed by atoms with Crippen LogP contribution in [0.1, 0.15) is 21.9 Å². The summed E-state index contributed by atoms with van der Waals surface area (Å²) in [6.07, 6.45) is 0. The van der Waals surface area contributed by atoms with Gasteiger partial charge in [-0.15, -0.1) is 0 Å². The lowest BCUT2D eigenvalue weighted by molar-refractivity contribution is -0.132. The number of hydrogen-bond donors (Lipinski definition) is 1. The van der Waals surface area contributed by atoms with E-state index in [1.54, 1.807) is 38.2 Å². The molecule has 0 aliphatic heterocycles. The van der Waals surface area contributed by atoms with Crippen LogP contribution in [-0.2, 0) is 20.9 Å². The third-order valence-corrected chi connectivity index (χ3v) is 3.74. The van der Waals surface area contributed by atoms with Gasteiger partial charge in [-0.25, -0.2) is 4.79 Å². The van der Waals surface area contributed by atoms with Crippen LogP contribution in [0.25, 0.3) is 0 Å². The minimum Gasteiger partial charge on any atom is -0.484 e. The monoisotopic (exact) mass is 374 g/mol. The van der Waals surface area contributed by atoms with Crippen molar-refractivity contribution < 1.29 is 28.3 Å². The van der Waals surface area contributed by atoms with Gasteiger partial charge in [0.1, 0.15) is 22.8 Å². The maximum atomic E-state index is 12.1. The SMILES string of the molecule is COC(=O)c1cc(CN(C)C(=O)CNC(=O)COc2ccccc2)oc1C. The molecule has 0 saturated carbocycles. The minimum absolute atomic E-state index is 0.160. The molecule has 2 rings (SSSR count). The second-order valence-electron chi connectivity index (χ2n) is 5.80. The average molecular weight is 374 g/mol. The average Bonchev–Trinajstić information content (AvgIpc) is 3.04. The van der Waals surface area contributed by atoms with Crippen LogP contribution in [-0.4, -0.2) is 50.0 Å². The van der Waals surface area contributed by atoms with Crippen LogP contribution >= 0.6 is 0 Å². The van der Waals surface area contributed by atoms with Gasteiger partial charge >= 0.3 is 5.97 Å². The number of rotatable bonds is 8. The van der Waals surface area contributed by atoms with Gasteiger partial charge < -0.3 is 24.1 Å². The Balaban J connectivity index is 1.78. The van der Waals surface area contributed by atoms with Gasteiger partial charge in [-0.1, -0.05) is 18.2 Å². The van der Waals surface area contributed by atoms with Crippen LogP contribution in [0.2, 0.25) is 0 Å². The molecule has 1 N–H and O–H groups in total. The first-order chi connectivity index (χ1) is 12.9. The topological polar surface area (TPSA) is 98.1 Å². The van der Waals surface area contributed by atoms with Crippen molar-refractivity contribution in [3.63, 3.8) is 0 Å². The molecule has 8 heteroatoms. The summed E-state index contributed by atoms with van der Waals surface area (Å²) in [7, 11) is 2.86. The van der Waals surface area contributed by atoms with Crippen molar-refractivity contribution >= 4 is 17.8 Å². The van der Waals surface area contributed by atoms with Gasteiger partial charge in [0.2, 0.25) is 5.91 Å². The van der Waals surface area contributed by atoms with Gasteiger partial charge in [0, 0.05) is 7.05 Å². The summed E-state index contributed by atoms with van der Waals surface area (Å²) in [5, 5.41) is 2.50. The number of carbonyl (C=O) groups is 3. The summed E-state index contributed by atoms with van der Waals surface area (Å²) in [5.74, 6) is 0.235. The smallest absolute Gasteiger partial charge is 0.341 e. The summed E-state index contributed by atoms with van der Waals surface area (Å²) in [5.41, 5.74) is 0.319. The molecule has 144 valence electrons. The second kappa shape index (κ2) is 9.42. The van der Waals surface area contributed by atoms with Crippen molar-refractivity contribution in [2.75, 3.05) is 27.3 Å². The molecule has 2 amide bonds. The Morgan fingerprint density at radius 2 is 1.89 bits per heavy atom. The molecule has 1 heterocycles. The lowest BCUT2D eigenvalue weighted by Crippen LogP contribution is -2.39. The molecule has 0 spiro atoms. The van der Waals surface area contributed by atoms with Gasteiger partial charge in [-0.3, -0.25) is 9.59 Å². The van der Waals surface area contributed by atoms with Gasteiger partial charge in [0.05, 0.1) is 20.2 Å². The first kappa shape index (κ1) is 20.0. The van der Waals surface area contributed by atoms with E-state index in [-0.39, 0.29) is 25.6 Å².